The van der Waals surface area contributed by atoms with E-state index in [0.717, 1.165) is 24.0 Å². The lowest BCUT2D eigenvalue weighted by atomic mass is 9.97. The van der Waals surface area contributed by atoms with Gasteiger partial charge in [0.15, 0.2) is 0 Å². The van der Waals surface area contributed by atoms with Crippen molar-refractivity contribution >= 4 is 21.9 Å². The topological polar surface area (TPSA) is 79.8 Å². The van der Waals surface area contributed by atoms with Gasteiger partial charge in [0.25, 0.3) is 0 Å². The van der Waals surface area contributed by atoms with Crippen LogP contribution in [0.4, 0.5) is 10.6 Å². The second-order valence-corrected chi connectivity index (χ2v) is 11.0. The molecule has 0 radical (unpaired) electrons. The van der Waals surface area contributed by atoms with Crippen LogP contribution in [0.5, 0.6) is 0 Å². The van der Waals surface area contributed by atoms with Crippen LogP contribution in [-0.2, 0) is 14.8 Å². The molecule has 1 fully saturated rings. The minimum absolute atomic E-state index is 0.278. The van der Waals surface area contributed by atoms with Gasteiger partial charge in [-0.15, -0.1) is 0 Å². The molecule has 1 saturated heterocycles. The highest BCUT2D eigenvalue weighted by atomic mass is 32.2. The van der Waals surface area contributed by atoms with E-state index < -0.39 is 27.8 Å². The maximum atomic E-state index is 13.6. The Bertz CT molecular complexity index is 1050. The highest BCUT2D eigenvalue weighted by Gasteiger charge is 2.37. The Morgan fingerprint density at radius 2 is 1.88 bits per heavy atom. The van der Waals surface area contributed by atoms with Crippen LogP contribution in [0.25, 0.3) is 0 Å². The molecular weight excluding hydrogens is 426 g/mol. The third-order valence-electron chi connectivity index (χ3n) is 5.44. The molecule has 174 valence electrons. The molecule has 0 N–H and O–H groups in total. The average molecular weight is 460 g/mol. The lowest BCUT2D eigenvalue weighted by Crippen LogP contribution is -2.41. The van der Waals surface area contributed by atoms with E-state index in [9.17, 15) is 13.2 Å². The fourth-order valence-electron chi connectivity index (χ4n) is 3.93. The van der Waals surface area contributed by atoms with Gasteiger partial charge in [0.2, 0.25) is 10.0 Å². The lowest BCUT2D eigenvalue weighted by molar-refractivity contribution is 0.0580. The van der Waals surface area contributed by atoms with Gasteiger partial charge in [-0.05, 0) is 65.7 Å². The molecule has 0 spiro atoms. The van der Waals surface area contributed by atoms with Crippen molar-refractivity contribution in [2.24, 2.45) is 0 Å². The second kappa shape index (κ2) is 9.58. The van der Waals surface area contributed by atoms with Gasteiger partial charge in [0.05, 0.1) is 10.9 Å². The highest BCUT2D eigenvalue weighted by molar-refractivity contribution is 7.89. The second-order valence-electron chi connectivity index (χ2n) is 9.08. The Balaban J connectivity index is 2.02. The molecule has 1 aromatic heterocycles. The molecule has 0 aliphatic carbocycles. The smallest absolute Gasteiger partial charge is 0.415 e. The number of sulfonamides is 1. The maximum Gasteiger partial charge on any atom is 0.415 e. The molecule has 1 amide bonds. The largest absolute Gasteiger partial charge is 0.443 e. The van der Waals surface area contributed by atoms with Crippen molar-refractivity contribution in [1.82, 2.24) is 9.29 Å². The summed E-state index contributed by atoms with van der Waals surface area (Å²) in [6, 6.07) is 10.2. The number of aromatic nitrogens is 1. The minimum Gasteiger partial charge on any atom is -0.443 e. The zero-order valence-electron chi connectivity index (χ0n) is 19.5. The quantitative estimate of drug-likeness (QED) is 0.624. The monoisotopic (exact) mass is 459 g/mol. The number of hydrogen-bond acceptors (Lipinski definition) is 5. The van der Waals surface area contributed by atoms with E-state index in [4.69, 9.17) is 4.74 Å². The summed E-state index contributed by atoms with van der Waals surface area (Å²) in [6.07, 6.45) is 3.48. The van der Waals surface area contributed by atoms with Crippen molar-refractivity contribution in [3.05, 3.63) is 53.7 Å². The van der Waals surface area contributed by atoms with E-state index in [-0.39, 0.29) is 4.90 Å². The first-order chi connectivity index (χ1) is 15.0. The number of nitrogens with zero attached hydrogens (tertiary/aromatic N) is 3. The van der Waals surface area contributed by atoms with Gasteiger partial charge in [0, 0.05) is 24.8 Å². The summed E-state index contributed by atoms with van der Waals surface area (Å²) in [5.41, 5.74) is 1.07. The fraction of sp³-hybridized carbons (Fsp3) is 0.500. The van der Waals surface area contributed by atoms with Crippen molar-refractivity contribution in [3.8, 4) is 0 Å². The molecule has 1 aliphatic rings. The highest BCUT2D eigenvalue weighted by Crippen LogP contribution is 2.39. The number of rotatable bonds is 5. The van der Waals surface area contributed by atoms with E-state index in [1.807, 2.05) is 52.8 Å². The third kappa shape index (κ3) is 5.30. The number of anilines is 1. The molecule has 0 bridgehead atoms. The van der Waals surface area contributed by atoms with Crippen molar-refractivity contribution in [2.75, 3.05) is 18.0 Å². The van der Waals surface area contributed by atoms with Crippen molar-refractivity contribution < 1.29 is 17.9 Å². The van der Waals surface area contributed by atoms with Gasteiger partial charge in [-0.2, -0.15) is 4.31 Å². The lowest BCUT2D eigenvalue weighted by Gasteiger charge is -2.36. The van der Waals surface area contributed by atoms with Crippen molar-refractivity contribution in [1.29, 1.82) is 0 Å². The van der Waals surface area contributed by atoms with Crippen LogP contribution >= 0.6 is 0 Å². The number of pyridine rings is 1. The average Bonchev–Trinajstić information content (AvgIpc) is 2.74. The Kier molecular flexibility index (Phi) is 7.25. The molecule has 1 aromatic carbocycles. The van der Waals surface area contributed by atoms with Crippen molar-refractivity contribution in [3.63, 3.8) is 0 Å². The normalized spacial score (nSPS) is 17.7. The van der Waals surface area contributed by atoms with Gasteiger partial charge in [-0.25, -0.2) is 18.2 Å². The summed E-state index contributed by atoms with van der Waals surface area (Å²) in [5, 5.41) is 0. The first-order valence-electron chi connectivity index (χ1n) is 11.1. The Morgan fingerprint density at radius 1 is 1.19 bits per heavy atom. The molecule has 0 unspecified atom stereocenters. The molecule has 3 rings (SSSR count). The van der Waals surface area contributed by atoms with Gasteiger partial charge >= 0.3 is 6.09 Å². The van der Waals surface area contributed by atoms with Crippen LogP contribution in [0, 0.1) is 6.92 Å². The Morgan fingerprint density at radius 3 is 2.50 bits per heavy atom. The fourth-order valence-corrected chi connectivity index (χ4v) is 5.60. The van der Waals surface area contributed by atoms with Crippen LogP contribution in [0.1, 0.15) is 64.1 Å². The van der Waals surface area contributed by atoms with Crippen LogP contribution in [-0.4, -0.2) is 42.5 Å². The molecule has 2 aromatic rings. The summed E-state index contributed by atoms with van der Waals surface area (Å²) in [5.74, 6) is 0.445. The molecule has 1 aliphatic heterocycles. The Labute approximate surface area is 191 Å². The number of amides is 1. The summed E-state index contributed by atoms with van der Waals surface area (Å²) in [4.78, 5) is 19.1. The van der Waals surface area contributed by atoms with Gasteiger partial charge in [0.1, 0.15) is 11.4 Å². The van der Waals surface area contributed by atoms with E-state index in [1.165, 1.54) is 4.90 Å². The summed E-state index contributed by atoms with van der Waals surface area (Å²) in [6.45, 7) is 10.0. The molecule has 7 nitrogen and oxygen atoms in total. The van der Waals surface area contributed by atoms with Crippen molar-refractivity contribution in [2.45, 2.75) is 70.4 Å². The summed E-state index contributed by atoms with van der Waals surface area (Å²) < 4.78 is 34.2. The zero-order valence-corrected chi connectivity index (χ0v) is 20.4. The molecule has 8 heteroatoms. The van der Waals surface area contributed by atoms with Gasteiger partial charge in [-0.1, -0.05) is 30.2 Å². The first kappa shape index (κ1) is 24.2. The molecule has 32 heavy (non-hydrogen) atoms. The predicted octanol–water partition coefficient (Wildman–Crippen LogP) is 5.07. The van der Waals surface area contributed by atoms with Gasteiger partial charge in [-0.3, -0.25) is 4.90 Å². The van der Waals surface area contributed by atoms with Crippen LogP contribution in [0.15, 0.2) is 47.5 Å². The van der Waals surface area contributed by atoms with E-state index in [0.29, 0.717) is 25.3 Å². The third-order valence-corrected chi connectivity index (χ3v) is 7.37. The number of ether oxygens (including phenoxy) is 1. The zero-order chi connectivity index (χ0) is 23.5. The maximum absolute atomic E-state index is 13.6. The number of piperidine rings is 1. The van der Waals surface area contributed by atoms with Crippen LogP contribution in [0.2, 0.25) is 0 Å². The van der Waals surface area contributed by atoms with E-state index in [2.05, 4.69) is 4.98 Å². The van der Waals surface area contributed by atoms with Gasteiger partial charge < -0.3 is 4.74 Å². The molecular formula is C24H33N3O4S. The number of benzene rings is 1. The first-order valence-corrected chi connectivity index (χ1v) is 12.5. The van der Waals surface area contributed by atoms with Crippen LogP contribution < -0.4 is 4.90 Å². The molecule has 2 heterocycles. The number of carbonyl (C=O) groups excluding carboxylic acids is 1. The predicted molar refractivity (Wildman–Crippen MR) is 125 cm³/mol. The Hall–Kier alpha value is -2.45. The minimum atomic E-state index is -3.70. The van der Waals surface area contributed by atoms with E-state index in [1.54, 1.807) is 28.7 Å². The molecule has 1 atom stereocenters. The standard InChI is InChI=1S/C24H33N3O4S/c1-6-26(23(28)31-24(3,4)5)22-20(10-9-16-25-22)21-11-7-8-17-27(21)32(29,30)19-14-12-18(2)13-15-19/h9-10,12-16,21H,6-8,11,17H2,1-5H3/t21-/m0/s1. The number of aryl methyl sites for hydroxylation is 1. The van der Waals surface area contributed by atoms with Crippen LogP contribution in [0.3, 0.4) is 0 Å². The number of carbonyl (C=O) groups is 1. The SMILES string of the molecule is CCN(C(=O)OC(C)(C)C)c1ncccc1[C@@H]1CCCCN1S(=O)(=O)c1ccc(C)cc1. The number of hydrogen-bond donors (Lipinski definition) is 0. The summed E-state index contributed by atoms with van der Waals surface area (Å²) >= 11 is 0. The van der Waals surface area contributed by atoms with E-state index >= 15 is 0 Å². The molecule has 0 saturated carbocycles. The summed E-state index contributed by atoms with van der Waals surface area (Å²) in [7, 11) is -3.70.